The molecule has 0 spiro atoms. The molecule has 1 aromatic rings. The van der Waals surface area contributed by atoms with Crippen LogP contribution in [-0.4, -0.2) is 25.3 Å². The first kappa shape index (κ1) is 12.5. The molecule has 3 rings (SSSR count). The Hall–Kier alpha value is -1.48. The Balaban J connectivity index is 1.87. The predicted molar refractivity (Wildman–Crippen MR) is 76.3 cm³/mol. The quantitative estimate of drug-likeness (QED) is 0.886. The average molecular weight is 259 g/mol. The maximum absolute atomic E-state index is 10.4. The lowest BCUT2D eigenvalue weighted by atomic mass is 9.96. The summed E-state index contributed by atoms with van der Waals surface area (Å²) in [6, 6.07) is 6.27. The van der Waals surface area contributed by atoms with Crippen LogP contribution in [-0.2, 0) is 11.2 Å². The molecule has 3 heteroatoms. The van der Waals surface area contributed by atoms with Gasteiger partial charge in [-0.2, -0.15) is 0 Å². The van der Waals surface area contributed by atoms with E-state index >= 15 is 0 Å². The van der Waals surface area contributed by atoms with E-state index in [0.29, 0.717) is 0 Å². The Morgan fingerprint density at radius 2 is 2.21 bits per heavy atom. The monoisotopic (exact) mass is 259 g/mol. The van der Waals surface area contributed by atoms with Crippen LogP contribution < -0.4 is 4.90 Å². The molecule has 1 aromatic carbocycles. The van der Waals surface area contributed by atoms with Gasteiger partial charge in [0, 0.05) is 19.3 Å². The fourth-order valence-electron chi connectivity index (χ4n) is 2.91. The molecule has 0 saturated heterocycles. The maximum atomic E-state index is 10.4. The number of aliphatic hydroxyl groups excluding tert-OH is 1. The number of fused-ring (bicyclic) bond motifs is 1. The number of ether oxygens (including phenoxy) is 1. The first-order valence-electron chi connectivity index (χ1n) is 7.10. The van der Waals surface area contributed by atoms with E-state index < -0.39 is 6.10 Å². The van der Waals surface area contributed by atoms with Crippen molar-refractivity contribution in [1.82, 2.24) is 0 Å². The smallest absolute Gasteiger partial charge is 0.136 e. The summed E-state index contributed by atoms with van der Waals surface area (Å²) in [5.74, 6) is 0.718. The maximum Gasteiger partial charge on any atom is 0.136 e. The topological polar surface area (TPSA) is 32.7 Å². The first-order valence-corrected chi connectivity index (χ1v) is 7.10. The second-order valence-electron chi connectivity index (χ2n) is 5.41. The van der Waals surface area contributed by atoms with Crippen molar-refractivity contribution in [2.75, 3.05) is 25.1 Å². The van der Waals surface area contributed by atoms with Crippen LogP contribution >= 0.6 is 0 Å². The molecule has 1 atom stereocenters. The van der Waals surface area contributed by atoms with E-state index in [9.17, 15) is 5.11 Å². The van der Waals surface area contributed by atoms with Crippen molar-refractivity contribution < 1.29 is 9.84 Å². The number of aliphatic hydroxyl groups is 1. The molecule has 1 unspecified atom stereocenters. The minimum Gasteiger partial charge on any atom is -0.495 e. The lowest BCUT2D eigenvalue weighted by Crippen LogP contribution is -2.24. The summed E-state index contributed by atoms with van der Waals surface area (Å²) in [5.41, 5.74) is 3.57. The van der Waals surface area contributed by atoms with Crippen molar-refractivity contribution in [3.63, 3.8) is 0 Å². The number of hydrogen-bond donors (Lipinski definition) is 1. The van der Waals surface area contributed by atoms with Crippen LogP contribution in [0.15, 0.2) is 30.0 Å². The molecule has 0 amide bonds. The Bertz CT molecular complexity index is 496. The molecule has 0 aromatic heterocycles. The highest BCUT2D eigenvalue weighted by atomic mass is 16.5. The summed E-state index contributed by atoms with van der Waals surface area (Å²) >= 11 is 0. The second-order valence-corrected chi connectivity index (χ2v) is 5.41. The number of aryl methyl sites for hydroxylation is 1. The summed E-state index contributed by atoms with van der Waals surface area (Å²) in [5, 5.41) is 10.4. The van der Waals surface area contributed by atoms with Crippen LogP contribution in [0.25, 0.3) is 0 Å². The number of allylic oxidation sites excluding steroid dienone is 1. The second kappa shape index (κ2) is 5.25. The molecule has 0 bridgehead atoms. The van der Waals surface area contributed by atoms with Gasteiger partial charge in [-0.3, -0.25) is 0 Å². The molecule has 19 heavy (non-hydrogen) atoms. The van der Waals surface area contributed by atoms with Crippen LogP contribution in [0.5, 0.6) is 0 Å². The number of nitrogens with zero attached hydrogens (tertiary/aromatic N) is 1. The average Bonchev–Trinajstić information content (AvgIpc) is 2.47. The zero-order chi connectivity index (χ0) is 13.2. The van der Waals surface area contributed by atoms with Gasteiger partial charge in [0.05, 0.1) is 6.61 Å². The zero-order valence-corrected chi connectivity index (χ0v) is 11.4. The fraction of sp³-hybridized carbons (Fsp3) is 0.500. The van der Waals surface area contributed by atoms with Gasteiger partial charge < -0.3 is 14.7 Å². The van der Waals surface area contributed by atoms with Gasteiger partial charge in [0.2, 0.25) is 0 Å². The Morgan fingerprint density at radius 1 is 1.32 bits per heavy atom. The predicted octanol–water partition coefficient (Wildman–Crippen LogP) is 2.80. The third kappa shape index (κ3) is 2.47. The number of rotatable bonds is 2. The molecule has 3 nitrogen and oxygen atoms in total. The first-order chi connectivity index (χ1) is 9.25. The molecule has 2 aliphatic heterocycles. The summed E-state index contributed by atoms with van der Waals surface area (Å²) in [4.78, 5) is 2.28. The van der Waals surface area contributed by atoms with Crippen LogP contribution in [0.2, 0.25) is 0 Å². The van der Waals surface area contributed by atoms with Crippen LogP contribution in [0.4, 0.5) is 5.69 Å². The van der Waals surface area contributed by atoms with Crippen molar-refractivity contribution in [2.24, 2.45) is 0 Å². The van der Waals surface area contributed by atoms with Crippen LogP contribution in [0, 0.1) is 0 Å². The van der Waals surface area contributed by atoms with Gasteiger partial charge >= 0.3 is 0 Å². The van der Waals surface area contributed by atoms with E-state index in [1.165, 1.54) is 17.7 Å². The van der Waals surface area contributed by atoms with Gasteiger partial charge in [0.1, 0.15) is 11.9 Å². The van der Waals surface area contributed by atoms with Crippen LogP contribution in [0.1, 0.15) is 36.5 Å². The highest BCUT2D eigenvalue weighted by Gasteiger charge is 2.20. The number of benzene rings is 1. The molecule has 1 N–H and O–H groups in total. The van der Waals surface area contributed by atoms with E-state index in [1.54, 1.807) is 0 Å². The highest BCUT2D eigenvalue weighted by Crippen LogP contribution is 2.32. The molecule has 0 aliphatic carbocycles. The lowest BCUT2D eigenvalue weighted by molar-refractivity contribution is 0.0917. The third-order valence-corrected chi connectivity index (χ3v) is 4.00. The molecule has 0 saturated carbocycles. The minimum absolute atomic E-state index is 0.613. The van der Waals surface area contributed by atoms with Gasteiger partial charge in [-0.15, -0.1) is 0 Å². The van der Waals surface area contributed by atoms with Crippen molar-refractivity contribution in [1.29, 1.82) is 0 Å². The standard InChI is InChI=1S/C16H21NO2/c1-17-9-4-5-12-11-13(7-8-14(12)17)16(18)15-6-2-3-10-19-15/h6-8,11,16,18H,2-5,9-10H2,1H3. The zero-order valence-electron chi connectivity index (χ0n) is 11.4. The largest absolute Gasteiger partial charge is 0.495 e. The van der Waals surface area contributed by atoms with Crippen molar-refractivity contribution in [3.8, 4) is 0 Å². The Kier molecular flexibility index (Phi) is 3.47. The van der Waals surface area contributed by atoms with E-state index in [1.807, 2.05) is 12.1 Å². The summed E-state index contributed by atoms with van der Waals surface area (Å²) < 4.78 is 5.56. The van der Waals surface area contributed by atoms with Crippen LogP contribution in [0.3, 0.4) is 0 Å². The molecular formula is C16H21NO2. The van der Waals surface area contributed by atoms with E-state index in [4.69, 9.17) is 4.74 Å². The van der Waals surface area contributed by atoms with Crippen molar-refractivity contribution in [2.45, 2.75) is 31.8 Å². The lowest BCUT2D eigenvalue weighted by Gasteiger charge is -2.28. The molecular weight excluding hydrogens is 238 g/mol. The van der Waals surface area contributed by atoms with Gasteiger partial charge in [0.25, 0.3) is 0 Å². The van der Waals surface area contributed by atoms with Gasteiger partial charge in [-0.25, -0.2) is 0 Å². The summed E-state index contributed by atoms with van der Waals surface area (Å²) in [7, 11) is 2.13. The Labute approximate surface area is 114 Å². The normalized spacial score (nSPS) is 20.3. The highest BCUT2D eigenvalue weighted by molar-refractivity contribution is 5.56. The van der Waals surface area contributed by atoms with E-state index in [0.717, 1.165) is 43.7 Å². The molecule has 2 heterocycles. The number of hydrogen-bond acceptors (Lipinski definition) is 3. The molecule has 102 valence electrons. The van der Waals surface area contributed by atoms with Crippen molar-refractivity contribution >= 4 is 5.69 Å². The summed E-state index contributed by atoms with van der Waals surface area (Å²) in [6.07, 6.45) is 5.73. The molecule has 0 radical (unpaired) electrons. The van der Waals surface area contributed by atoms with Gasteiger partial charge in [-0.05, 0) is 49.0 Å². The van der Waals surface area contributed by atoms with E-state index in [-0.39, 0.29) is 0 Å². The SMILES string of the molecule is CN1CCCc2cc(C(O)C3=CCCCO3)ccc21. The Morgan fingerprint density at radius 3 is 3.00 bits per heavy atom. The van der Waals surface area contributed by atoms with Gasteiger partial charge in [-0.1, -0.05) is 12.1 Å². The fourth-order valence-corrected chi connectivity index (χ4v) is 2.91. The van der Waals surface area contributed by atoms with Gasteiger partial charge in [0.15, 0.2) is 0 Å². The van der Waals surface area contributed by atoms with Crippen molar-refractivity contribution in [3.05, 3.63) is 41.2 Å². The molecule has 2 aliphatic rings. The third-order valence-electron chi connectivity index (χ3n) is 4.00. The summed E-state index contributed by atoms with van der Waals surface area (Å²) in [6.45, 7) is 1.83. The number of anilines is 1. The minimum atomic E-state index is -0.613. The molecule has 0 fully saturated rings. The van der Waals surface area contributed by atoms with E-state index in [2.05, 4.69) is 24.1 Å².